The van der Waals surface area contributed by atoms with E-state index in [-0.39, 0.29) is 6.03 Å². The Hall–Kier alpha value is -1.25. The van der Waals surface area contributed by atoms with Gasteiger partial charge >= 0.3 is 6.03 Å². The number of carbonyl (C=O) groups excluding carboxylic acids is 1. The van der Waals surface area contributed by atoms with Gasteiger partial charge in [0.1, 0.15) is 5.01 Å². The topological polar surface area (TPSA) is 76.6 Å². The number of nitrogens with one attached hydrogen (secondary N) is 1. The number of rotatable bonds is 6. The number of nitrogens with zero attached hydrogens (tertiary/aromatic N) is 3. The first-order chi connectivity index (χ1) is 10.6. The van der Waals surface area contributed by atoms with Gasteiger partial charge < -0.3 is 14.4 Å². The van der Waals surface area contributed by atoms with Crippen molar-refractivity contribution < 1.29 is 14.3 Å². The molecule has 8 heteroatoms. The predicted molar refractivity (Wildman–Crippen MR) is 85.2 cm³/mol. The Balaban J connectivity index is 1.87. The van der Waals surface area contributed by atoms with E-state index < -0.39 is 6.29 Å². The smallest absolute Gasteiger partial charge is 0.323 e. The molecular formula is C14H24N4O3S. The molecule has 2 rings (SSSR count). The third kappa shape index (κ3) is 4.62. The van der Waals surface area contributed by atoms with E-state index in [1.807, 2.05) is 0 Å². The zero-order valence-corrected chi connectivity index (χ0v) is 14.2. The van der Waals surface area contributed by atoms with E-state index in [0.717, 1.165) is 5.01 Å². The van der Waals surface area contributed by atoms with Gasteiger partial charge in [0.25, 0.3) is 0 Å². The molecule has 7 nitrogen and oxygen atoms in total. The zero-order valence-electron chi connectivity index (χ0n) is 13.4. The van der Waals surface area contributed by atoms with Gasteiger partial charge in [-0.15, -0.1) is 10.2 Å². The highest BCUT2D eigenvalue weighted by Crippen LogP contribution is 2.35. The number of methoxy groups -OCH3 is 2. The van der Waals surface area contributed by atoms with Crippen LogP contribution in [-0.2, 0) is 9.47 Å². The second-order valence-electron chi connectivity index (χ2n) is 5.49. The average molecular weight is 328 g/mol. The summed E-state index contributed by atoms with van der Waals surface area (Å²) < 4.78 is 10.2. The summed E-state index contributed by atoms with van der Waals surface area (Å²) in [5, 5.41) is 12.7. The third-order valence-electron chi connectivity index (χ3n) is 3.90. The summed E-state index contributed by atoms with van der Waals surface area (Å²) in [6.45, 7) is 0.340. The van der Waals surface area contributed by atoms with Gasteiger partial charge in [0.2, 0.25) is 5.13 Å². The van der Waals surface area contributed by atoms with Crippen LogP contribution in [0.5, 0.6) is 0 Å². The minimum Gasteiger partial charge on any atom is -0.354 e. The number of aromatic nitrogens is 2. The second-order valence-corrected chi connectivity index (χ2v) is 6.50. The van der Waals surface area contributed by atoms with Gasteiger partial charge in [-0.05, 0) is 12.8 Å². The molecule has 1 fully saturated rings. The van der Waals surface area contributed by atoms with Crippen LogP contribution >= 0.6 is 11.3 Å². The molecule has 0 aliphatic heterocycles. The molecule has 0 aromatic carbocycles. The number of ether oxygens (including phenoxy) is 2. The Labute approximate surface area is 135 Å². The van der Waals surface area contributed by atoms with Crippen molar-refractivity contribution in [1.82, 2.24) is 15.1 Å². The lowest BCUT2D eigenvalue weighted by Gasteiger charge is -2.21. The van der Waals surface area contributed by atoms with Crippen molar-refractivity contribution in [2.75, 3.05) is 33.1 Å². The highest BCUT2D eigenvalue weighted by Gasteiger charge is 2.21. The molecule has 0 bridgehead atoms. The highest BCUT2D eigenvalue weighted by molar-refractivity contribution is 7.15. The van der Waals surface area contributed by atoms with E-state index in [1.165, 1.54) is 48.3 Å². The van der Waals surface area contributed by atoms with E-state index in [9.17, 15) is 4.79 Å². The van der Waals surface area contributed by atoms with Gasteiger partial charge in [0.05, 0.1) is 6.54 Å². The van der Waals surface area contributed by atoms with Crippen LogP contribution in [0.1, 0.15) is 43.0 Å². The number of hydrogen-bond donors (Lipinski definition) is 1. The molecule has 1 aliphatic rings. The summed E-state index contributed by atoms with van der Waals surface area (Å²) in [6, 6.07) is -0.245. The van der Waals surface area contributed by atoms with Crippen molar-refractivity contribution in [1.29, 1.82) is 0 Å². The minimum absolute atomic E-state index is 0.245. The SMILES string of the molecule is COC(CN(C)C(=O)Nc1nnc(C2CCCCC2)s1)OC. The number of urea groups is 1. The van der Waals surface area contributed by atoms with E-state index >= 15 is 0 Å². The summed E-state index contributed by atoms with van der Waals surface area (Å²) in [7, 11) is 4.77. The van der Waals surface area contributed by atoms with Crippen LogP contribution in [0.15, 0.2) is 0 Å². The lowest BCUT2D eigenvalue weighted by Crippen LogP contribution is -2.38. The van der Waals surface area contributed by atoms with Crippen LogP contribution < -0.4 is 5.32 Å². The van der Waals surface area contributed by atoms with Crippen molar-refractivity contribution in [3.05, 3.63) is 5.01 Å². The van der Waals surface area contributed by atoms with Crippen molar-refractivity contribution in [3.63, 3.8) is 0 Å². The molecule has 1 aliphatic carbocycles. The molecule has 1 N–H and O–H groups in total. The zero-order chi connectivity index (χ0) is 15.9. The lowest BCUT2D eigenvalue weighted by atomic mass is 9.90. The standard InChI is InChI=1S/C14H24N4O3S/c1-18(9-11(20-2)21-3)14(19)15-13-17-16-12(22-13)10-7-5-4-6-8-10/h10-11H,4-9H2,1-3H3,(H,15,17,19). The summed E-state index contributed by atoms with van der Waals surface area (Å²) in [6.07, 6.45) is 5.72. The molecule has 0 saturated heterocycles. The average Bonchev–Trinajstić information content (AvgIpc) is 3.01. The molecule has 1 aromatic rings. The van der Waals surface area contributed by atoms with E-state index in [2.05, 4.69) is 15.5 Å². The van der Waals surface area contributed by atoms with Gasteiger partial charge in [-0.3, -0.25) is 5.32 Å². The maximum Gasteiger partial charge on any atom is 0.323 e. The number of likely N-dealkylation sites (N-methyl/N-ethyl adjacent to an activating group) is 1. The number of anilines is 1. The molecule has 0 radical (unpaired) electrons. The van der Waals surface area contributed by atoms with Crippen LogP contribution in [0, 0.1) is 0 Å². The Morgan fingerprint density at radius 1 is 1.32 bits per heavy atom. The van der Waals surface area contributed by atoms with Gasteiger partial charge in [-0.2, -0.15) is 0 Å². The van der Waals surface area contributed by atoms with Crippen molar-refractivity contribution in [3.8, 4) is 0 Å². The van der Waals surface area contributed by atoms with Crippen LogP contribution in [0.4, 0.5) is 9.93 Å². The van der Waals surface area contributed by atoms with Gasteiger partial charge in [-0.1, -0.05) is 30.6 Å². The molecule has 1 heterocycles. The van der Waals surface area contributed by atoms with Crippen LogP contribution in [-0.4, -0.2) is 55.2 Å². The fraction of sp³-hybridized carbons (Fsp3) is 0.786. The normalized spacial score (nSPS) is 16.0. The van der Waals surface area contributed by atoms with Crippen molar-refractivity contribution >= 4 is 22.5 Å². The second kappa shape index (κ2) is 8.40. The lowest BCUT2D eigenvalue weighted by molar-refractivity contribution is -0.108. The van der Waals surface area contributed by atoms with Crippen LogP contribution in [0.3, 0.4) is 0 Å². The highest BCUT2D eigenvalue weighted by atomic mass is 32.1. The van der Waals surface area contributed by atoms with Crippen LogP contribution in [0.2, 0.25) is 0 Å². The first-order valence-electron chi connectivity index (χ1n) is 7.55. The largest absolute Gasteiger partial charge is 0.354 e. The molecule has 0 spiro atoms. The quantitative estimate of drug-likeness (QED) is 0.813. The molecular weight excluding hydrogens is 304 g/mol. The van der Waals surface area contributed by atoms with E-state index in [4.69, 9.17) is 9.47 Å². The minimum atomic E-state index is -0.442. The Kier molecular flexibility index (Phi) is 6.53. The monoisotopic (exact) mass is 328 g/mol. The molecule has 2 amide bonds. The summed E-state index contributed by atoms with van der Waals surface area (Å²) in [4.78, 5) is 13.6. The summed E-state index contributed by atoms with van der Waals surface area (Å²) in [5.41, 5.74) is 0. The molecule has 22 heavy (non-hydrogen) atoms. The Morgan fingerprint density at radius 2 is 2.00 bits per heavy atom. The van der Waals surface area contributed by atoms with Gasteiger partial charge in [0.15, 0.2) is 6.29 Å². The number of hydrogen-bond acceptors (Lipinski definition) is 6. The third-order valence-corrected chi connectivity index (χ3v) is 4.91. The Bertz CT molecular complexity index is 472. The van der Waals surface area contributed by atoms with Crippen molar-refractivity contribution in [2.45, 2.75) is 44.3 Å². The molecule has 0 atom stereocenters. The molecule has 124 valence electrons. The number of amides is 2. The first kappa shape index (κ1) is 17.1. The maximum absolute atomic E-state index is 12.1. The first-order valence-corrected chi connectivity index (χ1v) is 8.36. The predicted octanol–water partition coefficient (Wildman–Crippen LogP) is 2.67. The molecule has 1 saturated carbocycles. The number of carbonyl (C=O) groups is 1. The summed E-state index contributed by atoms with van der Waals surface area (Å²) >= 11 is 1.47. The molecule has 0 unspecified atom stereocenters. The maximum atomic E-state index is 12.1. The van der Waals surface area contributed by atoms with Gasteiger partial charge in [-0.25, -0.2) is 4.79 Å². The Morgan fingerprint density at radius 3 is 2.64 bits per heavy atom. The van der Waals surface area contributed by atoms with Crippen molar-refractivity contribution in [2.24, 2.45) is 0 Å². The van der Waals surface area contributed by atoms with E-state index in [1.54, 1.807) is 21.3 Å². The van der Waals surface area contributed by atoms with Gasteiger partial charge in [0, 0.05) is 27.2 Å². The van der Waals surface area contributed by atoms with Crippen LogP contribution in [0.25, 0.3) is 0 Å². The fourth-order valence-electron chi connectivity index (χ4n) is 2.54. The van der Waals surface area contributed by atoms with E-state index in [0.29, 0.717) is 17.6 Å². The fourth-order valence-corrected chi connectivity index (χ4v) is 3.44. The summed E-state index contributed by atoms with van der Waals surface area (Å²) in [5.74, 6) is 0.501. The molecule has 1 aromatic heterocycles.